The van der Waals surface area contributed by atoms with E-state index >= 15 is 0 Å². The lowest BCUT2D eigenvalue weighted by Crippen LogP contribution is -2.40. The zero-order valence-corrected chi connectivity index (χ0v) is 14.6. The summed E-state index contributed by atoms with van der Waals surface area (Å²) in [7, 11) is 0. The number of rotatable bonds is 10. The third-order valence-electron chi connectivity index (χ3n) is 4.18. The van der Waals surface area contributed by atoms with Gasteiger partial charge in [0, 0.05) is 30.8 Å². The second kappa shape index (κ2) is 9.65. The molecule has 0 aliphatic rings. The van der Waals surface area contributed by atoms with Gasteiger partial charge in [-0.1, -0.05) is 13.0 Å². The van der Waals surface area contributed by atoms with Crippen LogP contribution in [0.25, 0.3) is 0 Å². The summed E-state index contributed by atoms with van der Waals surface area (Å²) >= 11 is 0. The van der Waals surface area contributed by atoms with E-state index in [1.54, 1.807) is 18.4 Å². The van der Waals surface area contributed by atoms with Crippen molar-refractivity contribution in [3.8, 4) is 0 Å². The molecule has 0 amide bonds. The van der Waals surface area contributed by atoms with Crippen molar-refractivity contribution in [3.05, 3.63) is 59.6 Å². The topological polar surface area (TPSA) is 45.8 Å². The van der Waals surface area contributed by atoms with Crippen LogP contribution in [0.5, 0.6) is 0 Å². The lowest BCUT2D eigenvalue weighted by molar-refractivity contribution is -0.00290. The number of hydrogen-bond donors (Lipinski definition) is 1. The van der Waals surface area contributed by atoms with Crippen molar-refractivity contribution in [2.45, 2.75) is 45.6 Å². The van der Waals surface area contributed by atoms with Crippen molar-refractivity contribution >= 4 is 0 Å². The maximum atomic E-state index is 13.9. The smallest absolute Gasteiger partial charge is 0.130 e. The van der Waals surface area contributed by atoms with Crippen LogP contribution in [0, 0.1) is 11.6 Å². The zero-order valence-electron chi connectivity index (χ0n) is 14.6. The average Bonchev–Trinajstić information content (AvgIpc) is 3.09. The standard InChI is InChI=1S/C19H25F2NO3/c1-3-14(2)22(10-15-6-7-16(20)9-19(15)21)11-17(23)12-24-13-18-5-4-8-25-18/h4-9,14,17,23H,3,10-13H2,1-2H3/t14-,17+/m1/s1. The van der Waals surface area contributed by atoms with Crippen LogP contribution in [0.3, 0.4) is 0 Å². The maximum Gasteiger partial charge on any atom is 0.130 e. The van der Waals surface area contributed by atoms with E-state index < -0.39 is 17.7 Å². The van der Waals surface area contributed by atoms with Gasteiger partial charge in [0.1, 0.15) is 24.0 Å². The Balaban J connectivity index is 1.90. The Bertz CT molecular complexity index is 634. The molecule has 25 heavy (non-hydrogen) atoms. The Morgan fingerprint density at radius 3 is 2.72 bits per heavy atom. The Labute approximate surface area is 147 Å². The molecule has 138 valence electrons. The summed E-state index contributed by atoms with van der Waals surface area (Å²) in [6.45, 7) is 5.12. The third kappa shape index (κ3) is 6.23. The van der Waals surface area contributed by atoms with Gasteiger partial charge >= 0.3 is 0 Å². The summed E-state index contributed by atoms with van der Waals surface area (Å²) in [6.07, 6.45) is 1.70. The van der Waals surface area contributed by atoms with Crippen LogP contribution in [-0.2, 0) is 17.9 Å². The first kappa shape index (κ1) is 19.6. The van der Waals surface area contributed by atoms with E-state index in [-0.39, 0.29) is 12.6 Å². The minimum Gasteiger partial charge on any atom is -0.467 e. The molecule has 6 heteroatoms. The number of hydrogen-bond acceptors (Lipinski definition) is 4. The summed E-state index contributed by atoms with van der Waals surface area (Å²) in [5, 5.41) is 10.2. The third-order valence-corrected chi connectivity index (χ3v) is 4.18. The van der Waals surface area contributed by atoms with Gasteiger partial charge in [-0.3, -0.25) is 4.90 Å². The first-order valence-corrected chi connectivity index (χ1v) is 8.45. The second-order valence-electron chi connectivity index (χ2n) is 6.17. The fourth-order valence-corrected chi connectivity index (χ4v) is 2.54. The summed E-state index contributed by atoms with van der Waals surface area (Å²) < 4.78 is 37.6. The van der Waals surface area contributed by atoms with E-state index in [0.717, 1.165) is 12.5 Å². The van der Waals surface area contributed by atoms with E-state index in [1.807, 2.05) is 18.7 Å². The first-order chi connectivity index (χ1) is 12.0. The molecule has 0 radical (unpaired) electrons. The van der Waals surface area contributed by atoms with E-state index in [1.165, 1.54) is 12.1 Å². The highest BCUT2D eigenvalue weighted by Crippen LogP contribution is 2.16. The molecule has 0 aliphatic carbocycles. The molecule has 1 aromatic heterocycles. The predicted octanol–water partition coefficient (Wildman–Crippen LogP) is 3.74. The molecule has 2 aromatic rings. The highest BCUT2D eigenvalue weighted by Gasteiger charge is 2.19. The molecule has 2 rings (SSSR count). The van der Waals surface area contributed by atoms with Gasteiger partial charge in [0.05, 0.1) is 19.0 Å². The Morgan fingerprint density at radius 1 is 1.28 bits per heavy atom. The van der Waals surface area contributed by atoms with Gasteiger partial charge in [-0.05, 0) is 31.5 Å². The predicted molar refractivity (Wildman–Crippen MR) is 90.9 cm³/mol. The maximum absolute atomic E-state index is 13.9. The van der Waals surface area contributed by atoms with E-state index in [4.69, 9.17) is 9.15 Å². The summed E-state index contributed by atoms with van der Waals surface area (Å²) in [5.74, 6) is -0.473. The highest BCUT2D eigenvalue weighted by molar-refractivity contribution is 5.18. The van der Waals surface area contributed by atoms with Gasteiger partial charge in [-0.15, -0.1) is 0 Å². The summed E-state index contributed by atoms with van der Waals surface area (Å²) in [5.41, 5.74) is 0.408. The van der Waals surface area contributed by atoms with Gasteiger partial charge in [-0.2, -0.15) is 0 Å². The van der Waals surface area contributed by atoms with Crippen LogP contribution in [0.15, 0.2) is 41.0 Å². The summed E-state index contributed by atoms with van der Waals surface area (Å²) in [6, 6.07) is 7.29. The fraction of sp³-hybridized carbons (Fsp3) is 0.474. The molecular weight excluding hydrogens is 328 g/mol. The molecule has 1 heterocycles. The largest absolute Gasteiger partial charge is 0.467 e. The normalized spacial score (nSPS) is 14.0. The van der Waals surface area contributed by atoms with Gasteiger partial charge < -0.3 is 14.3 Å². The minimum atomic E-state index is -0.715. The molecule has 0 bridgehead atoms. The lowest BCUT2D eigenvalue weighted by Gasteiger charge is -2.30. The Morgan fingerprint density at radius 2 is 2.08 bits per heavy atom. The SMILES string of the molecule is CC[C@@H](C)N(Cc1ccc(F)cc1F)C[C@H](O)COCc1ccco1. The molecule has 0 spiro atoms. The molecular formula is C19H25F2NO3. The van der Waals surface area contributed by atoms with E-state index in [0.29, 0.717) is 31.0 Å². The molecule has 0 saturated carbocycles. The molecule has 0 aliphatic heterocycles. The van der Waals surface area contributed by atoms with Gasteiger partial charge in [0.15, 0.2) is 0 Å². The molecule has 0 fully saturated rings. The van der Waals surface area contributed by atoms with Crippen molar-refractivity contribution < 1.29 is 23.0 Å². The van der Waals surface area contributed by atoms with Crippen LogP contribution in [-0.4, -0.2) is 35.3 Å². The Hall–Kier alpha value is -1.76. The van der Waals surface area contributed by atoms with Gasteiger partial charge in [0.2, 0.25) is 0 Å². The highest BCUT2D eigenvalue weighted by atomic mass is 19.1. The number of ether oxygens (including phenoxy) is 1. The number of halogens is 2. The average molecular weight is 353 g/mol. The number of furan rings is 1. The number of aliphatic hydroxyl groups is 1. The van der Waals surface area contributed by atoms with Crippen molar-refractivity contribution in [1.29, 1.82) is 0 Å². The molecule has 0 unspecified atom stereocenters. The lowest BCUT2D eigenvalue weighted by atomic mass is 10.1. The summed E-state index contributed by atoms with van der Waals surface area (Å²) in [4.78, 5) is 1.97. The molecule has 1 N–H and O–H groups in total. The van der Waals surface area contributed by atoms with Crippen LogP contribution in [0.2, 0.25) is 0 Å². The van der Waals surface area contributed by atoms with Crippen LogP contribution in [0.1, 0.15) is 31.6 Å². The Kier molecular flexibility index (Phi) is 7.55. The minimum absolute atomic E-state index is 0.143. The fourth-order valence-electron chi connectivity index (χ4n) is 2.54. The van der Waals surface area contributed by atoms with Crippen LogP contribution in [0.4, 0.5) is 8.78 Å². The molecule has 2 atom stereocenters. The molecule has 0 saturated heterocycles. The molecule has 4 nitrogen and oxygen atoms in total. The number of nitrogens with zero attached hydrogens (tertiary/aromatic N) is 1. The van der Waals surface area contributed by atoms with Crippen LogP contribution >= 0.6 is 0 Å². The quantitative estimate of drug-likeness (QED) is 0.707. The van der Waals surface area contributed by atoms with Gasteiger partial charge in [-0.25, -0.2) is 8.78 Å². The van der Waals surface area contributed by atoms with E-state index in [9.17, 15) is 13.9 Å². The number of aliphatic hydroxyl groups excluding tert-OH is 1. The second-order valence-corrected chi connectivity index (χ2v) is 6.17. The van der Waals surface area contributed by atoms with Crippen molar-refractivity contribution in [2.75, 3.05) is 13.2 Å². The van der Waals surface area contributed by atoms with E-state index in [2.05, 4.69) is 0 Å². The van der Waals surface area contributed by atoms with Crippen LogP contribution < -0.4 is 0 Å². The van der Waals surface area contributed by atoms with Crippen molar-refractivity contribution in [3.63, 3.8) is 0 Å². The monoisotopic (exact) mass is 353 g/mol. The van der Waals surface area contributed by atoms with Crippen molar-refractivity contribution in [1.82, 2.24) is 4.90 Å². The zero-order chi connectivity index (χ0) is 18.2. The van der Waals surface area contributed by atoms with Gasteiger partial charge in [0.25, 0.3) is 0 Å². The molecule has 1 aromatic carbocycles. The number of benzene rings is 1. The van der Waals surface area contributed by atoms with Crippen molar-refractivity contribution in [2.24, 2.45) is 0 Å². The first-order valence-electron chi connectivity index (χ1n) is 8.45.